The van der Waals surface area contributed by atoms with Crippen molar-refractivity contribution in [1.29, 1.82) is 0 Å². The Labute approximate surface area is 85.0 Å². The van der Waals surface area contributed by atoms with Crippen molar-refractivity contribution in [1.82, 2.24) is 9.55 Å². The van der Waals surface area contributed by atoms with Gasteiger partial charge in [-0.2, -0.15) is 0 Å². The summed E-state index contributed by atoms with van der Waals surface area (Å²) >= 11 is 0. The monoisotopic (exact) mass is 197 g/mol. The summed E-state index contributed by atoms with van der Waals surface area (Å²) in [6, 6.07) is 0.0172. The summed E-state index contributed by atoms with van der Waals surface area (Å²) in [5.41, 5.74) is 0.0146. The van der Waals surface area contributed by atoms with Gasteiger partial charge < -0.3 is 15.0 Å². The third-order valence-electron chi connectivity index (χ3n) is 2.35. The van der Waals surface area contributed by atoms with Crippen molar-refractivity contribution in [2.75, 3.05) is 11.9 Å². The molecule has 4 nitrogen and oxygen atoms in total. The second-order valence-corrected chi connectivity index (χ2v) is 4.61. The fraction of sp³-hybridized carbons (Fsp3) is 0.700. The summed E-state index contributed by atoms with van der Waals surface area (Å²) in [7, 11) is 1.92. The molecule has 2 N–H and O–H groups in total. The molecule has 0 bridgehead atoms. The molecule has 0 aliphatic rings. The number of hydrogen-bond acceptors (Lipinski definition) is 3. The van der Waals surface area contributed by atoms with Crippen LogP contribution in [-0.4, -0.2) is 27.3 Å². The number of aliphatic hydroxyl groups is 1. The van der Waals surface area contributed by atoms with Crippen LogP contribution >= 0.6 is 0 Å². The van der Waals surface area contributed by atoms with E-state index in [0.29, 0.717) is 0 Å². The van der Waals surface area contributed by atoms with Crippen LogP contribution in [0.3, 0.4) is 0 Å². The number of aliphatic hydroxyl groups excluding tert-OH is 1. The Kier molecular flexibility index (Phi) is 3.16. The van der Waals surface area contributed by atoms with E-state index < -0.39 is 0 Å². The summed E-state index contributed by atoms with van der Waals surface area (Å²) in [4.78, 5) is 4.16. The highest BCUT2D eigenvalue weighted by atomic mass is 16.3. The molecule has 1 aromatic rings. The summed E-state index contributed by atoms with van der Waals surface area (Å²) in [5.74, 6) is 0.791. The SMILES string of the molecule is Cn1ccnc1NC(CO)C(C)(C)C. The van der Waals surface area contributed by atoms with Crippen molar-refractivity contribution in [3.63, 3.8) is 0 Å². The average Bonchev–Trinajstić information content (AvgIpc) is 2.45. The number of aromatic nitrogens is 2. The zero-order chi connectivity index (χ0) is 10.8. The van der Waals surface area contributed by atoms with Gasteiger partial charge in [0.15, 0.2) is 0 Å². The van der Waals surface area contributed by atoms with Gasteiger partial charge in [0.1, 0.15) is 0 Å². The Bertz CT molecular complexity index is 288. The predicted molar refractivity (Wildman–Crippen MR) is 57.2 cm³/mol. The molecular weight excluding hydrogens is 178 g/mol. The number of nitrogens with zero attached hydrogens (tertiary/aromatic N) is 2. The van der Waals surface area contributed by atoms with E-state index in [1.807, 2.05) is 17.8 Å². The molecule has 4 heteroatoms. The Morgan fingerprint density at radius 2 is 2.21 bits per heavy atom. The van der Waals surface area contributed by atoms with Crippen LogP contribution in [-0.2, 0) is 7.05 Å². The third kappa shape index (κ3) is 2.48. The molecule has 1 aromatic heterocycles. The third-order valence-corrected chi connectivity index (χ3v) is 2.35. The lowest BCUT2D eigenvalue weighted by Gasteiger charge is -2.30. The van der Waals surface area contributed by atoms with Gasteiger partial charge in [0.2, 0.25) is 5.95 Å². The van der Waals surface area contributed by atoms with Crippen LogP contribution in [0.25, 0.3) is 0 Å². The number of nitrogens with one attached hydrogen (secondary N) is 1. The summed E-state index contributed by atoms with van der Waals surface area (Å²) in [6.45, 7) is 6.37. The number of imidazole rings is 1. The normalized spacial score (nSPS) is 14.1. The molecule has 1 heterocycles. The number of hydrogen-bond donors (Lipinski definition) is 2. The van der Waals surface area contributed by atoms with Crippen LogP contribution in [0.2, 0.25) is 0 Å². The number of anilines is 1. The van der Waals surface area contributed by atoms with E-state index in [2.05, 4.69) is 31.1 Å². The lowest BCUT2D eigenvalue weighted by Crippen LogP contribution is -2.37. The van der Waals surface area contributed by atoms with Gasteiger partial charge >= 0.3 is 0 Å². The highest BCUT2D eigenvalue weighted by Crippen LogP contribution is 2.21. The molecule has 1 rings (SSSR count). The highest BCUT2D eigenvalue weighted by Gasteiger charge is 2.24. The molecule has 1 atom stereocenters. The van der Waals surface area contributed by atoms with Gasteiger partial charge in [0.05, 0.1) is 12.6 Å². The molecule has 14 heavy (non-hydrogen) atoms. The predicted octanol–water partition coefficient (Wildman–Crippen LogP) is 1.24. The summed E-state index contributed by atoms with van der Waals surface area (Å²) < 4.78 is 1.90. The molecule has 0 aliphatic carbocycles. The molecule has 0 amide bonds. The first-order chi connectivity index (χ1) is 6.45. The zero-order valence-corrected chi connectivity index (χ0v) is 9.28. The van der Waals surface area contributed by atoms with Gasteiger partial charge in [-0.15, -0.1) is 0 Å². The minimum absolute atomic E-state index is 0.0146. The first-order valence-corrected chi connectivity index (χ1v) is 4.80. The van der Waals surface area contributed by atoms with Crippen LogP contribution in [0, 0.1) is 5.41 Å². The van der Waals surface area contributed by atoms with E-state index in [1.54, 1.807) is 6.20 Å². The minimum Gasteiger partial charge on any atom is -0.394 e. The standard InChI is InChI=1S/C10H19N3O/c1-10(2,3)8(7-14)12-9-11-5-6-13(9)4/h5-6,8,14H,7H2,1-4H3,(H,11,12). The van der Waals surface area contributed by atoms with Crippen molar-refractivity contribution in [3.05, 3.63) is 12.4 Å². The number of rotatable bonds is 3. The summed E-state index contributed by atoms with van der Waals surface area (Å²) in [5, 5.41) is 12.5. The van der Waals surface area contributed by atoms with Crippen LogP contribution in [0.1, 0.15) is 20.8 Å². The number of aryl methyl sites for hydroxylation is 1. The first kappa shape index (κ1) is 11.0. The zero-order valence-electron chi connectivity index (χ0n) is 9.28. The second-order valence-electron chi connectivity index (χ2n) is 4.61. The molecule has 0 fully saturated rings. The van der Waals surface area contributed by atoms with Gasteiger partial charge in [0.25, 0.3) is 0 Å². The van der Waals surface area contributed by atoms with E-state index in [1.165, 1.54) is 0 Å². The maximum absolute atomic E-state index is 9.25. The Morgan fingerprint density at radius 1 is 1.57 bits per heavy atom. The molecule has 0 spiro atoms. The van der Waals surface area contributed by atoms with Crippen molar-refractivity contribution < 1.29 is 5.11 Å². The van der Waals surface area contributed by atoms with E-state index in [9.17, 15) is 5.11 Å². The van der Waals surface area contributed by atoms with Crippen molar-refractivity contribution >= 4 is 5.95 Å². The quantitative estimate of drug-likeness (QED) is 0.766. The maximum atomic E-state index is 9.25. The topological polar surface area (TPSA) is 50.1 Å². The molecule has 80 valence electrons. The average molecular weight is 197 g/mol. The van der Waals surface area contributed by atoms with Gasteiger partial charge in [-0.3, -0.25) is 0 Å². The highest BCUT2D eigenvalue weighted by molar-refractivity contribution is 5.28. The van der Waals surface area contributed by atoms with Crippen LogP contribution in [0.4, 0.5) is 5.95 Å². The fourth-order valence-electron chi connectivity index (χ4n) is 1.20. The van der Waals surface area contributed by atoms with Gasteiger partial charge in [0, 0.05) is 19.4 Å². The minimum atomic E-state index is 0.0146. The lowest BCUT2D eigenvalue weighted by atomic mass is 9.87. The van der Waals surface area contributed by atoms with Crippen LogP contribution in [0.5, 0.6) is 0 Å². The second kappa shape index (κ2) is 4.00. The van der Waals surface area contributed by atoms with E-state index in [4.69, 9.17) is 0 Å². The van der Waals surface area contributed by atoms with E-state index in [0.717, 1.165) is 5.95 Å². The van der Waals surface area contributed by atoms with Crippen molar-refractivity contribution in [3.8, 4) is 0 Å². The summed E-state index contributed by atoms with van der Waals surface area (Å²) in [6.07, 6.45) is 3.61. The lowest BCUT2D eigenvalue weighted by molar-refractivity contribution is 0.201. The Balaban J connectivity index is 2.71. The Morgan fingerprint density at radius 3 is 2.57 bits per heavy atom. The Hall–Kier alpha value is -1.03. The van der Waals surface area contributed by atoms with Crippen molar-refractivity contribution in [2.45, 2.75) is 26.8 Å². The van der Waals surface area contributed by atoms with Crippen molar-refractivity contribution in [2.24, 2.45) is 12.5 Å². The molecule has 1 unspecified atom stereocenters. The van der Waals surface area contributed by atoms with Gasteiger partial charge in [-0.25, -0.2) is 4.98 Å². The smallest absolute Gasteiger partial charge is 0.202 e. The molecule has 0 aliphatic heterocycles. The van der Waals surface area contributed by atoms with E-state index in [-0.39, 0.29) is 18.1 Å². The molecule has 0 saturated carbocycles. The molecule has 0 aromatic carbocycles. The molecular formula is C10H19N3O. The largest absolute Gasteiger partial charge is 0.394 e. The van der Waals surface area contributed by atoms with Crippen LogP contribution < -0.4 is 5.32 Å². The first-order valence-electron chi connectivity index (χ1n) is 4.80. The van der Waals surface area contributed by atoms with Gasteiger partial charge in [-0.1, -0.05) is 20.8 Å². The maximum Gasteiger partial charge on any atom is 0.202 e. The fourth-order valence-corrected chi connectivity index (χ4v) is 1.20. The van der Waals surface area contributed by atoms with Gasteiger partial charge in [-0.05, 0) is 5.41 Å². The molecule has 0 radical (unpaired) electrons. The van der Waals surface area contributed by atoms with E-state index >= 15 is 0 Å². The van der Waals surface area contributed by atoms with Crippen LogP contribution in [0.15, 0.2) is 12.4 Å². The molecule has 0 saturated heterocycles.